The fraction of sp³-hybridized carbons (Fsp3) is 0.286. The molecule has 1 atom stereocenters. The zero-order chi connectivity index (χ0) is 13.8. The molecule has 0 bridgehead atoms. The molecule has 0 aliphatic heterocycles. The minimum Gasteiger partial charge on any atom is -0.492 e. The van der Waals surface area contributed by atoms with Crippen LogP contribution in [0, 0.1) is 0 Å². The van der Waals surface area contributed by atoms with E-state index >= 15 is 0 Å². The third-order valence-electron chi connectivity index (χ3n) is 2.68. The topological polar surface area (TPSA) is 35.2 Å². The van der Waals surface area contributed by atoms with Gasteiger partial charge in [-0.15, -0.1) is 11.3 Å². The zero-order valence-electron chi connectivity index (χ0n) is 10.5. The van der Waals surface area contributed by atoms with Crippen LogP contribution >= 0.6 is 38.9 Å². The van der Waals surface area contributed by atoms with Crippen molar-refractivity contribution in [3.8, 4) is 5.75 Å². The maximum absolute atomic E-state index is 6.24. The van der Waals surface area contributed by atoms with E-state index in [0.717, 1.165) is 31.4 Å². The van der Waals surface area contributed by atoms with Gasteiger partial charge < -0.3 is 10.5 Å². The summed E-state index contributed by atoms with van der Waals surface area (Å²) in [7, 11) is 0. The molecule has 0 amide bonds. The monoisotopic (exact) mass is 359 g/mol. The summed E-state index contributed by atoms with van der Waals surface area (Å²) < 4.78 is 7.31. The maximum Gasteiger partial charge on any atom is 0.133 e. The van der Waals surface area contributed by atoms with Crippen LogP contribution in [0.15, 0.2) is 34.8 Å². The van der Waals surface area contributed by atoms with Gasteiger partial charge in [0.25, 0.3) is 0 Å². The second-order valence-corrected chi connectivity index (χ2v) is 6.76. The predicted octanol–water partition coefficient (Wildman–Crippen LogP) is 5.00. The van der Waals surface area contributed by atoms with Crippen molar-refractivity contribution in [1.82, 2.24) is 0 Å². The molecule has 2 nitrogen and oxygen atoms in total. The van der Waals surface area contributed by atoms with Crippen molar-refractivity contribution in [1.29, 1.82) is 0 Å². The van der Waals surface area contributed by atoms with Gasteiger partial charge in [0.15, 0.2) is 0 Å². The van der Waals surface area contributed by atoms with Gasteiger partial charge in [-0.1, -0.05) is 24.6 Å². The van der Waals surface area contributed by atoms with E-state index in [1.54, 1.807) is 0 Å². The van der Waals surface area contributed by atoms with Crippen molar-refractivity contribution in [2.24, 2.45) is 5.73 Å². The van der Waals surface area contributed by atoms with Gasteiger partial charge >= 0.3 is 0 Å². The Balaban J connectivity index is 2.19. The van der Waals surface area contributed by atoms with Crippen molar-refractivity contribution in [3.05, 3.63) is 49.6 Å². The molecular weight excluding hydrogens is 346 g/mol. The van der Waals surface area contributed by atoms with Gasteiger partial charge in [0, 0.05) is 4.88 Å². The minimum absolute atomic E-state index is 0.158. The smallest absolute Gasteiger partial charge is 0.133 e. The lowest BCUT2D eigenvalue weighted by Gasteiger charge is -2.13. The number of ether oxygens (including phenoxy) is 1. The van der Waals surface area contributed by atoms with E-state index in [-0.39, 0.29) is 6.04 Å². The Morgan fingerprint density at radius 2 is 2.16 bits per heavy atom. The van der Waals surface area contributed by atoms with Crippen LogP contribution in [0.25, 0.3) is 0 Å². The van der Waals surface area contributed by atoms with Gasteiger partial charge in [0.1, 0.15) is 5.75 Å². The van der Waals surface area contributed by atoms with Crippen LogP contribution in [0.2, 0.25) is 4.34 Å². The van der Waals surface area contributed by atoms with Crippen LogP contribution in [0.5, 0.6) is 5.75 Å². The van der Waals surface area contributed by atoms with E-state index in [4.69, 9.17) is 22.1 Å². The molecule has 0 aliphatic carbocycles. The van der Waals surface area contributed by atoms with Gasteiger partial charge in [-0.05, 0) is 52.2 Å². The van der Waals surface area contributed by atoms with Crippen molar-refractivity contribution < 1.29 is 4.74 Å². The summed E-state index contributed by atoms with van der Waals surface area (Å²) in [6, 6.07) is 9.62. The van der Waals surface area contributed by atoms with E-state index in [2.05, 4.69) is 22.9 Å². The first-order valence-electron chi connectivity index (χ1n) is 6.05. The molecule has 0 saturated carbocycles. The molecule has 1 unspecified atom stereocenters. The molecule has 19 heavy (non-hydrogen) atoms. The molecule has 0 radical (unpaired) electrons. The van der Waals surface area contributed by atoms with E-state index < -0.39 is 0 Å². The first-order chi connectivity index (χ1) is 9.11. The van der Waals surface area contributed by atoms with Gasteiger partial charge in [-0.2, -0.15) is 0 Å². The minimum atomic E-state index is -0.158. The maximum atomic E-state index is 6.24. The number of hydrogen-bond acceptors (Lipinski definition) is 3. The Hall–Kier alpha value is -0.550. The largest absolute Gasteiger partial charge is 0.492 e. The summed E-state index contributed by atoms with van der Waals surface area (Å²) in [5.74, 6) is 0.849. The van der Waals surface area contributed by atoms with Crippen LogP contribution in [0.4, 0.5) is 0 Å². The quantitative estimate of drug-likeness (QED) is 0.814. The second kappa shape index (κ2) is 6.75. The highest BCUT2D eigenvalue weighted by Crippen LogP contribution is 2.33. The highest BCUT2D eigenvalue weighted by atomic mass is 79.9. The third kappa shape index (κ3) is 3.72. The first kappa shape index (κ1) is 14.9. The Morgan fingerprint density at radius 3 is 2.74 bits per heavy atom. The normalized spacial score (nSPS) is 12.4. The fourth-order valence-electron chi connectivity index (χ4n) is 1.70. The molecule has 5 heteroatoms. The average molecular weight is 361 g/mol. The van der Waals surface area contributed by atoms with Gasteiger partial charge in [-0.3, -0.25) is 0 Å². The zero-order valence-corrected chi connectivity index (χ0v) is 13.7. The molecule has 2 rings (SSSR count). The standard InChI is InChI=1S/C14H15BrClNOS/c1-2-7-18-11-4-3-9(8-10(11)15)14(17)12-5-6-13(16)19-12/h3-6,8,14H,2,7,17H2,1H3. The van der Waals surface area contributed by atoms with E-state index in [9.17, 15) is 0 Å². The Labute approximate surface area is 130 Å². The van der Waals surface area contributed by atoms with E-state index in [0.29, 0.717) is 6.61 Å². The number of halogens is 2. The number of hydrogen-bond donors (Lipinski definition) is 1. The predicted molar refractivity (Wildman–Crippen MR) is 85.3 cm³/mol. The number of benzene rings is 1. The SMILES string of the molecule is CCCOc1ccc(C(N)c2ccc(Cl)s2)cc1Br. The van der Waals surface area contributed by atoms with Crippen molar-refractivity contribution in [2.45, 2.75) is 19.4 Å². The van der Waals surface area contributed by atoms with Crippen LogP contribution in [-0.2, 0) is 0 Å². The molecule has 0 fully saturated rings. The summed E-state index contributed by atoms with van der Waals surface area (Å²) >= 11 is 11.0. The van der Waals surface area contributed by atoms with Gasteiger partial charge in [0.2, 0.25) is 0 Å². The van der Waals surface area contributed by atoms with Crippen molar-refractivity contribution in [3.63, 3.8) is 0 Å². The Morgan fingerprint density at radius 1 is 1.37 bits per heavy atom. The molecule has 1 aromatic carbocycles. The summed E-state index contributed by atoms with van der Waals surface area (Å²) in [6.45, 7) is 2.79. The molecule has 102 valence electrons. The average Bonchev–Trinajstić information content (AvgIpc) is 2.83. The highest BCUT2D eigenvalue weighted by molar-refractivity contribution is 9.10. The summed E-state index contributed by atoms with van der Waals surface area (Å²) in [5.41, 5.74) is 7.28. The fourth-order valence-corrected chi connectivity index (χ4v) is 3.30. The lowest BCUT2D eigenvalue weighted by atomic mass is 10.1. The van der Waals surface area contributed by atoms with Gasteiger partial charge in [-0.25, -0.2) is 0 Å². The molecule has 2 aromatic rings. The number of thiophene rings is 1. The summed E-state index contributed by atoms with van der Waals surface area (Å²) in [4.78, 5) is 1.05. The van der Waals surface area contributed by atoms with Crippen LogP contribution < -0.4 is 10.5 Å². The molecule has 2 N–H and O–H groups in total. The van der Waals surface area contributed by atoms with E-state index in [1.165, 1.54) is 11.3 Å². The number of rotatable bonds is 5. The molecule has 1 aromatic heterocycles. The Bertz CT molecular complexity index is 558. The molecular formula is C14H15BrClNOS. The van der Waals surface area contributed by atoms with E-state index in [1.807, 2.05) is 30.3 Å². The van der Waals surface area contributed by atoms with Crippen LogP contribution in [-0.4, -0.2) is 6.61 Å². The van der Waals surface area contributed by atoms with Gasteiger partial charge in [0.05, 0.1) is 21.5 Å². The molecule has 0 saturated heterocycles. The summed E-state index contributed by atoms with van der Waals surface area (Å²) in [6.07, 6.45) is 0.987. The van der Waals surface area contributed by atoms with Crippen LogP contribution in [0.3, 0.4) is 0 Å². The highest BCUT2D eigenvalue weighted by Gasteiger charge is 2.13. The Kier molecular flexibility index (Phi) is 5.28. The molecule has 1 heterocycles. The van der Waals surface area contributed by atoms with Crippen LogP contribution in [0.1, 0.15) is 29.8 Å². The lowest BCUT2D eigenvalue weighted by Crippen LogP contribution is -2.10. The summed E-state index contributed by atoms with van der Waals surface area (Å²) in [5, 5.41) is 0. The van der Waals surface area contributed by atoms with Crippen molar-refractivity contribution in [2.75, 3.05) is 6.61 Å². The first-order valence-corrected chi connectivity index (χ1v) is 8.03. The lowest BCUT2D eigenvalue weighted by molar-refractivity contribution is 0.315. The number of nitrogens with two attached hydrogens (primary N) is 1. The van der Waals surface area contributed by atoms with Crippen molar-refractivity contribution >= 4 is 38.9 Å². The molecule has 0 spiro atoms. The molecule has 0 aliphatic rings. The second-order valence-electron chi connectivity index (χ2n) is 4.16. The third-order valence-corrected chi connectivity index (χ3v) is 4.61.